The number of aromatic nitrogens is 1. The largest absolute Gasteiger partial charge is 0.318 e. The van der Waals surface area contributed by atoms with Crippen molar-refractivity contribution in [3.63, 3.8) is 0 Å². The lowest BCUT2D eigenvalue weighted by atomic mass is 10.1. The number of rotatable bonds is 5. The van der Waals surface area contributed by atoms with E-state index in [0.29, 0.717) is 5.56 Å². The van der Waals surface area contributed by atoms with Gasteiger partial charge in [0.05, 0.1) is 6.21 Å². The second kappa shape index (κ2) is 8.35. The van der Waals surface area contributed by atoms with E-state index in [1.165, 1.54) is 11.3 Å². The Morgan fingerprint density at radius 3 is 2.67 bits per heavy atom. The first-order valence-electron chi connectivity index (χ1n) is 8.87. The van der Waals surface area contributed by atoms with Crippen LogP contribution in [-0.4, -0.2) is 16.7 Å². The van der Waals surface area contributed by atoms with E-state index >= 15 is 0 Å². The molecule has 0 aliphatic heterocycles. The molecule has 0 spiro atoms. The number of carbonyl (C=O) groups is 1. The smallest absolute Gasteiger partial charge is 0.271 e. The van der Waals surface area contributed by atoms with E-state index in [-0.39, 0.29) is 5.91 Å². The summed E-state index contributed by atoms with van der Waals surface area (Å²) < 4.78 is 3.09. The van der Waals surface area contributed by atoms with Gasteiger partial charge in [-0.3, -0.25) is 4.79 Å². The third kappa shape index (κ3) is 4.19. The van der Waals surface area contributed by atoms with E-state index in [0.717, 1.165) is 27.8 Å². The predicted octanol–water partition coefficient (Wildman–Crippen LogP) is 5.18. The maximum Gasteiger partial charge on any atom is 0.271 e. The van der Waals surface area contributed by atoms with Gasteiger partial charge in [-0.15, -0.1) is 0 Å². The average molecular weight is 424 g/mol. The van der Waals surface area contributed by atoms with E-state index in [4.69, 9.17) is 0 Å². The molecule has 1 N–H and O–H groups in total. The highest BCUT2D eigenvalue weighted by molar-refractivity contribution is 9.10. The molecule has 0 saturated heterocycles. The van der Waals surface area contributed by atoms with Crippen LogP contribution in [0.1, 0.15) is 39.8 Å². The standard InChI is InChI=1S/C22H22BrN3O/c1-4-17-8-5-6-11-21(17)26-15(2)12-19(16(26)3)14-24-25-22(27)18-9-7-10-20(23)13-18/h5-14H,4H2,1-3H3,(H,25,27)/b24-14-. The zero-order valence-electron chi connectivity index (χ0n) is 15.7. The molecule has 3 rings (SSSR count). The van der Waals surface area contributed by atoms with E-state index in [1.54, 1.807) is 18.3 Å². The molecule has 2 aromatic carbocycles. The van der Waals surface area contributed by atoms with Gasteiger partial charge < -0.3 is 4.57 Å². The van der Waals surface area contributed by atoms with Crippen LogP contribution in [-0.2, 0) is 6.42 Å². The molecule has 0 fully saturated rings. The molecular formula is C22H22BrN3O. The maximum atomic E-state index is 12.2. The second-order valence-corrected chi connectivity index (χ2v) is 7.27. The molecule has 5 heteroatoms. The minimum atomic E-state index is -0.238. The van der Waals surface area contributed by atoms with E-state index in [9.17, 15) is 4.79 Å². The molecule has 1 aromatic heterocycles. The van der Waals surface area contributed by atoms with Crippen molar-refractivity contribution < 1.29 is 4.79 Å². The van der Waals surface area contributed by atoms with Gasteiger partial charge in [-0.1, -0.05) is 47.1 Å². The van der Waals surface area contributed by atoms with Crippen molar-refractivity contribution in [2.45, 2.75) is 27.2 Å². The lowest BCUT2D eigenvalue weighted by molar-refractivity contribution is 0.0955. The molecule has 0 radical (unpaired) electrons. The summed E-state index contributed by atoms with van der Waals surface area (Å²) in [7, 11) is 0. The molecule has 0 aliphatic rings. The molecule has 4 nitrogen and oxygen atoms in total. The van der Waals surface area contributed by atoms with Crippen LogP contribution in [0.15, 0.2) is 64.2 Å². The quantitative estimate of drug-likeness (QED) is 0.445. The fourth-order valence-electron chi connectivity index (χ4n) is 3.17. The lowest BCUT2D eigenvalue weighted by Crippen LogP contribution is -2.17. The summed E-state index contributed by atoms with van der Waals surface area (Å²) in [5, 5.41) is 4.15. The first-order chi connectivity index (χ1) is 13.0. The van der Waals surface area contributed by atoms with Crippen molar-refractivity contribution in [1.82, 2.24) is 9.99 Å². The Bertz CT molecular complexity index is 1000. The van der Waals surface area contributed by atoms with Crippen LogP contribution in [0.2, 0.25) is 0 Å². The van der Waals surface area contributed by atoms with E-state index < -0.39 is 0 Å². The minimum absolute atomic E-state index is 0.238. The van der Waals surface area contributed by atoms with Crippen molar-refractivity contribution in [2.75, 3.05) is 0 Å². The zero-order valence-corrected chi connectivity index (χ0v) is 17.2. The minimum Gasteiger partial charge on any atom is -0.318 e. The molecule has 1 heterocycles. The molecule has 0 atom stereocenters. The van der Waals surface area contributed by atoms with E-state index in [2.05, 4.69) is 82.1 Å². The molecule has 1 amide bonds. The number of halogens is 1. The Morgan fingerprint density at radius 2 is 1.93 bits per heavy atom. The normalized spacial score (nSPS) is 11.1. The summed E-state index contributed by atoms with van der Waals surface area (Å²) in [5.74, 6) is -0.238. The van der Waals surface area contributed by atoms with Crippen molar-refractivity contribution >= 4 is 28.1 Å². The highest BCUT2D eigenvalue weighted by atomic mass is 79.9. The van der Waals surface area contributed by atoms with Crippen LogP contribution in [0.5, 0.6) is 0 Å². The number of hydrogen-bond acceptors (Lipinski definition) is 2. The Kier molecular flexibility index (Phi) is 5.91. The fraction of sp³-hybridized carbons (Fsp3) is 0.182. The SMILES string of the molecule is CCc1ccccc1-n1c(C)cc(/C=N\NC(=O)c2cccc(Br)c2)c1C. The van der Waals surface area contributed by atoms with Gasteiger partial charge in [0.15, 0.2) is 0 Å². The van der Waals surface area contributed by atoms with Crippen LogP contribution >= 0.6 is 15.9 Å². The average Bonchev–Trinajstić information content (AvgIpc) is 2.95. The van der Waals surface area contributed by atoms with Gasteiger partial charge in [0.1, 0.15) is 0 Å². The van der Waals surface area contributed by atoms with Crippen molar-refractivity contribution in [1.29, 1.82) is 0 Å². The predicted molar refractivity (Wildman–Crippen MR) is 114 cm³/mol. The van der Waals surface area contributed by atoms with Crippen LogP contribution < -0.4 is 5.43 Å². The Labute approximate surface area is 168 Å². The molecule has 27 heavy (non-hydrogen) atoms. The summed E-state index contributed by atoms with van der Waals surface area (Å²) >= 11 is 3.37. The number of nitrogens with zero attached hydrogens (tertiary/aromatic N) is 2. The summed E-state index contributed by atoms with van der Waals surface area (Å²) in [6.07, 6.45) is 2.67. The number of nitrogens with one attached hydrogen (secondary N) is 1. The zero-order chi connectivity index (χ0) is 19.4. The molecule has 3 aromatic rings. The summed E-state index contributed by atoms with van der Waals surface area (Å²) in [4.78, 5) is 12.2. The van der Waals surface area contributed by atoms with Crippen LogP contribution in [0.4, 0.5) is 0 Å². The van der Waals surface area contributed by atoms with Crippen molar-refractivity contribution in [3.05, 3.63) is 87.1 Å². The lowest BCUT2D eigenvalue weighted by Gasteiger charge is -2.13. The number of amides is 1. The summed E-state index contributed by atoms with van der Waals surface area (Å²) in [6, 6.07) is 17.7. The molecular weight excluding hydrogens is 402 g/mol. The summed E-state index contributed by atoms with van der Waals surface area (Å²) in [6.45, 7) is 6.31. The number of carbonyl (C=O) groups excluding carboxylic acids is 1. The highest BCUT2D eigenvalue weighted by Gasteiger charge is 2.12. The molecule has 0 saturated carbocycles. The van der Waals surface area contributed by atoms with Gasteiger partial charge in [0.2, 0.25) is 0 Å². The van der Waals surface area contributed by atoms with Gasteiger partial charge in [-0.25, -0.2) is 5.43 Å². The molecule has 138 valence electrons. The van der Waals surface area contributed by atoms with Crippen molar-refractivity contribution in [3.8, 4) is 5.69 Å². The van der Waals surface area contributed by atoms with Crippen LogP contribution in [0.3, 0.4) is 0 Å². The number of para-hydroxylation sites is 1. The van der Waals surface area contributed by atoms with Crippen molar-refractivity contribution in [2.24, 2.45) is 5.10 Å². The number of hydrogen-bond donors (Lipinski definition) is 1. The molecule has 0 bridgehead atoms. The third-order valence-corrected chi connectivity index (χ3v) is 5.03. The Balaban J connectivity index is 1.82. The topological polar surface area (TPSA) is 46.4 Å². The third-order valence-electron chi connectivity index (χ3n) is 4.54. The number of benzene rings is 2. The summed E-state index contributed by atoms with van der Waals surface area (Å²) in [5.41, 5.74) is 8.84. The number of aryl methyl sites for hydroxylation is 2. The van der Waals surface area contributed by atoms with Gasteiger partial charge >= 0.3 is 0 Å². The first kappa shape index (κ1) is 19.1. The molecule has 0 aliphatic carbocycles. The monoisotopic (exact) mass is 423 g/mol. The highest BCUT2D eigenvalue weighted by Crippen LogP contribution is 2.23. The second-order valence-electron chi connectivity index (χ2n) is 6.35. The van der Waals surface area contributed by atoms with Gasteiger partial charge in [-0.2, -0.15) is 5.10 Å². The molecule has 0 unspecified atom stereocenters. The fourth-order valence-corrected chi connectivity index (χ4v) is 3.57. The number of hydrazone groups is 1. The van der Waals surface area contributed by atoms with Crippen LogP contribution in [0, 0.1) is 13.8 Å². The van der Waals surface area contributed by atoms with Gasteiger partial charge in [-0.05, 0) is 56.2 Å². The Morgan fingerprint density at radius 1 is 1.15 bits per heavy atom. The van der Waals surface area contributed by atoms with Gasteiger partial charge in [0, 0.05) is 32.7 Å². The first-order valence-corrected chi connectivity index (χ1v) is 9.66. The van der Waals surface area contributed by atoms with Gasteiger partial charge in [0.25, 0.3) is 5.91 Å². The maximum absolute atomic E-state index is 12.2. The van der Waals surface area contributed by atoms with E-state index in [1.807, 2.05) is 12.1 Å². The van der Waals surface area contributed by atoms with Crippen LogP contribution in [0.25, 0.3) is 5.69 Å². The Hall–Kier alpha value is -2.66.